The molecule has 290 valence electrons. The monoisotopic (exact) mass is 766 g/mol. The number of halogens is 7. The van der Waals surface area contributed by atoms with Crippen molar-refractivity contribution in [3.05, 3.63) is 76.7 Å². The predicted molar refractivity (Wildman–Crippen MR) is 196 cm³/mol. The van der Waals surface area contributed by atoms with Gasteiger partial charge >= 0.3 is 12.4 Å². The number of hydrogen-bond donors (Lipinski definition) is 0. The number of pyridine rings is 1. The van der Waals surface area contributed by atoms with Gasteiger partial charge in [0.1, 0.15) is 11.6 Å². The van der Waals surface area contributed by atoms with Gasteiger partial charge in [-0.25, -0.2) is 9.37 Å². The van der Waals surface area contributed by atoms with Crippen molar-refractivity contribution in [1.29, 1.82) is 0 Å². The molecule has 1 aromatic heterocycles. The van der Waals surface area contributed by atoms with Gasteiger partial charge in [0, 0.05) is 31.7 Å². The minimum Gasteiger partial charge on any atom is -0.415 e. The lowest BCUT2D eigenvalue weighted by Gasteiger charge is -2.47. The average molecular weight is 767 g/mol. The molecule has 0 saturated carbocycles. The number of nitrogens with zero attached hydrogens (tertiary/aromatic N) is 4. The van der Waals surface area contributed by atoms with Gasteiger partial charge in [0.25, 0.3) is 0 Å². The highest BCUT2D eigenvalue weighted by Gasteiger charge is 2.44. The second kappa shape index (κ2) is 14.3. The zero-order valence-corrected chi connectivity index (χ0v) is 32.8. The number of aromatic nitrogens is 1. The van der Waals surface area contributed by atoms with E-state index in [4.69, 9.17) is 9.41 Å². The number of carbonyl (C=O) groups is 1. The minimum absolute atomic E-state index is 0.00229. The highest BCUT2D eigenvalue weighted by atomic mass is 28.4. The quantitative estimate of drug-likeness (QED) is 0.169. The first-order chi connectivity index (χ1) is 24.3. The zero-order valence-electron chi connectivity index (χ0n) is 31.8. The van der Waals surface area contributed by atoms with Crippen molar-refractivity contribution < 1.29 is 40.0 Å². The lowest BCUT2D eigenvalue weighted by atomic mass is 9.81. The SMILES string of the molecule is Cc1cc(F)ccc1-c1cc(N2CCN3CCC[C@H]3[C@@H]2CO[Si](C)(C)C(C)(C)C)ncc1N(C)C(=O)C(C)(C)c1cc(C(F)(F)F)cc(C(F)(F)F)c1. The zero-order chi connectivity index (χ0) is 39.5. The number of carbonyl (C=O) groups excluding carboxylic acids is 1. The summed E-state index contributed by atoms with van der Waals surface area (Å²) < 4.78 is 104. The molecular weight excluding hydrogens is 718 g/mol. The van der Waals surface area contributed by atoms with E-state index in [0.717, 1.165) is 25.9 Å². The van der Waals surface area contributed by atoms with Crippen LogP contribution in [-0.4, -0.2) is 69.5 Å². The summed E-state index contributed by atoms with van der Waals surface area (Å²) in [4.78, 5) is 25.0. The maximum atomic E-state index is 14.4. The van der Waals surface area contributed by atoms with Crippen LogP contribution < -0.4 is 9.80 Å². The molecule has 0 radical (unpaired) electrons. The molecule has 2 aromatic carbocycles. The van der Waals surface area contributed by atoms with Crippen molar-refractivity contribution in [2.45, 2.75) is 102 Å². The van der Waals surface area contributed by atoms with Crippen LogP contribution in [-0.2, 0) is 27.0 Å². The van der Waals surface area contributed by atoms with Gasteiger partial charge in [0.05, 0.1) is 41.1 Å². The maximum absolute atomic E-state index is 14.4. The highest BCUT2D eigenvalue weighted by Crippen LogP contribution is 2.43. The first-order valence-electron chi connectivity index (χ1n) is 17.8. The third-order valence-electron chi connectivity index (χ3n) is 11.5. The minimum atomic E-state index is -5.08. The second-order valence-corrected chi connectivity index (χ2v) is 21.2. The number of amides is 1. The van der Waals surface area contributed by atoms with E-state index in [0.29, 0.717) is 47.8 Å². The molecule has 6 nitrogen and oxygen atoms in total. The van der Waals surface area contributed by atoms with E-state index in [-0.39, 0.29) is 28.9 Å². The van der Waals surface area contributed by atoms with E-state index in [1.54, 1.807) is 13.0 Å². The molecule has 0 N–H and O–H groups in total. The van der Waals surface area contributed by atoms with Gasteiger partial charge in [-0.05, 0) is 111 Å². The Labute approximate surface area is 308 Å². The van der Waals surface area contributed by atoms with Crippen molar-refractivity contribution in [1.82, 2.24) is 9.88 Å². The fourth-order valence-electron chi connectivity index (χ4n) is 7.15. The number of rotatable bonds is 8. The Hall–Kier alpha value is -3.49. The summed E-state index contributed by atoms with van der Waals surface area (Å²) in [7, 11) is -0.709. The highest BCUT2D eigenvalue weighted by molar-refractivity contribution is 6.74. The largest absolute Gasteiger partial charge is 0.416 e. The molecule has 2 atom stereocenters. The van der Waals surface area contributed by atoms with Crippen LogP contribution in [0.3, 0.4) is 0 Å². The third kappa shape index (κ3) is 8.29. The van der Waals surface area contributed by atoms with Gasteiger partial charge in [-0.1, -0.05) is 26.8 Å². The summed E-state index contributed by atoms with van der Waals surface area (Å²) in [6.07, 6.45) is -6.58. The number of hydrogen-bond acceptors (Lipinski definition) is 5. The van der Waals surface area contributed by atoms with Gasteiger partial charge in [0.2, 0.25) is 5.91 Å². The fraction of sp³-hybridized carbons (Fsp3) is 0.538. The number of piperazine rings is 1. The number of alkyl halides is 6. The normalized spacial score (nSPS) is 19.1. The molecule has 14 heteroatoms. The summed E-state index contributed by atoms with van der Waals surface area (Å²) in [6, 6.07) is 7.51. The van der Waals surface area contributed by atoms with Crippen molar-refractivity contribution in [2.24, 2.45) is 0 Å². The molecule has 2 saturated heterocycles. The first kappa shape index (κ1) is 40.7. The summed E-state index contributed by atoms with van der Waals surface area (Å²) in [6.45, 7) is 18.3. The Balaban J connectivity index is 1.59. The predicted octanol–water partition coefficient (Wildman–Crippen LogP) is 9.85. The molecule has 5 rings (SSSR count). The molecule has 53 heavy (non-hydrogen) atoms. The van der Waals surface area contributed by atoms with Crippen LogP contribution in [0.25, 0.3) is 11.1 Å². The van der Waals surface area contributed by atoms with Crippen molar-refractivity contribution >= 4 is 25.7 Å². The lowest BCUT2D eigenvalue weighted by molar-refractivity contribution is -0.143. The van der Waals surface area contributed by atoms with Crippen LogP contribution in [0.5, 0.6) is 0 Å². The van der Waals surface area contributed by atoms with E-state index in [1.807, 2.05) is 6.07 Å². The smallest absolute Gasteiger partial charge is 0.415 e. The molecule has 2 aliphatic heterocycles. The number of aryl methyl sites for hydroxylation is 1. The Morgan fingerprint density at radius 3 is 2.06 bits per heavy atom. The molecule has 1 amide bonds. The van der Waals surface area contributed by atoms with Gasteiger partial charge in [-0.2, -0.15) is 26.3 Å². The van der Waals surface area contributed by atoms with E-state index in [9.17, 15) is 35.5 Å². The van der Waals surface area contributed by atoms with Crippen LogP contribution >= 0.6 is 0 Å². The van der Waals surface area contributed by atoms with E-state index in [1.165, 1.54) is 44.1 Å². The molecule has 0 unspecified atom stereocenters. The Morgan fingerprint density at radius 2 is 1.49 bits per heavy atom. The standard InChI is InChI=1S/C39H49F7N4O2Si/c1-24-17-28(40)12-13-29(24)30-21-34(50-16-15-49-14-10-11-31(49)33(50)23-52-53(8,9)36(2,3)4)47-22-32(30)48(7)35(51)37(5,6)25-18-26(38(41,42)43)20-27(19-25)39(44,45)46/h12-13,17-22,31,33H,10-11,14-16,23H2,1-9H3/t31-,33-/m0/s1. The van der Waals surface area contributed by atoms with Gasteiger partial charge in [-0.15, -0.1) is 0 Å². The van der Waals surface area contributed by atoms with Gasteiger partial charge in [0.15, 0.2) is 8.32 Å². The number of anilines is 2. The van der Waals surface area contributed by atoms with Crippen molar-refractivity contribution in [3.63, 3.8) is 0 Å². The molecule has 0 aliphatic carbocycles. The van der Waals surface area contributed by atoms with Crippen molar-refractivity contribution in [3.8, 4) is 11.1 Å². The van der Waals surface area contributed by atoms with Crippen molar-refractivity contribution in [2.75, 3.05) is 43.1 Å². The lowest BCUT2D eigenvalue weighted by Crippen LogP contribution is -2.60. The van der Waals surface area contributed by atoms with Crippen LogP contribution in [0, 0.1) is 12.7 Å². The summed E-state index contributed by atoms with van der Waals surface area (Å²) in [5.41, 5.74) is -3.36. The topological polar surface area (TPSA) is 48.9 Å². The number of fused-ring (bicyclic) bond motifs is 1. The first-order valence-corrected chi connectivity index (χ1v) is 20.7. The van der Waals surface area contributed by atoms with E-state index in [2.05, 4.69) is 43.7 Å². The average Bonchev–Trinajstić information content (AvgIpc) is 3.54. The Morgan fingerprint density at radius 1 is 0.887 bits per heavy atom. The third-order valence-corrected chi connectivity index (χ3v) is 16.0. The maximum Gasteiger partial charge on any atom is 0.416 e. The molecule has 3 heterocycles. The Kier molecular flexibility index (Phi) is 11.0. The fourth-order valence-corrected chi connectivity index (χ4v) is 8.17. The van der Waals surface area contributed by atoms with E-state index < -0.39 is 54.5 Å². The van der Waals surface area contributed by atoms with Gasteiger partial charge in [-0.3, -0.25) is 9.69 Å². The number of benzene rings is 2. The van der Waals surface area contributed by atoms with Crippen LogP contribution in [0.15, 0.2) is 48.7 Å². The number of likely N-dealkylation sites (N-methyl/N-ethyl adjacent to an activating group) is 1. The van der Waals surface area contributed by atoms with Crippen LogP contribution in [0.1, 0.15) is 69.7 Å². The van der Waals surface area contributed by atoms with E-state index >= 15 is 0 Å². The summed E-state index contributed by atoms with van der Waals surface area (Å²) in [5.74, 6) is -0.603. The van der Waals surface area contributed by atoms with Crippen LogP contribution in [0.2, 0.25) is 18.1 Å². The van der Waals surface area contributed by atoms with Crippen LogP contribution in [0.4, 0.5) is 42.2 Å². The second-order valence-electron chi connectivity index (χ2n) is 16.4. The molecule has 0 bridgehead atoms. The molecular formula is C39H49F7N4O2Si. The van der Waals surface area contributed by atoms with Gasteiger partial charge < -0.3 is 14.2 Å². The summed E-state index contributed by atoms with van der Waals surface area (Å²) in [5, 5.41) is 0.00229. The Bertz CT molecular complexity index is 1810. The summed E-state index contributed by atoms with van der Waals surface area (Å²) >= 11 is 0. The molecule has 2 fully saturated rings. The molecule has 2 aliphatic rings. The molecule has 3 aromatic rings. The molecule has 0 spiro atoms.